The summed E-state index contributed by atoms with van der Waals surface area (Å²) >= 11 is 0. The van der Waals surface area contributed by atoms with E-state index in [-0.39, 0.29) is 19.0 Å². The average molecular weight is 240 g/mol. The lowest BCUT2D eigenvalue weighted by Gasteiger charge is -2.04. The van der Waals surface area contributed by atoms with E-state index >= 15 is 0 Å². The number of hydrogen-bond donors (Lipinski definition) is 0. The van der Waals surface area contributed by atoms with Crippen molar-refractivity contribution in [2.45, 2.75) is 13.3 Å². The zero-order valence-corrected chi connectivity index (χ0v) is 9.44. The molecule has 4 nitrogen and oxygen atoms in total. The van der Waals surface area contributed by atoms with Gasteiger partial charge in [0, 0.05) is 6.42 Å². The Morgan fingerprint density at radius 1 is 1.24 bits per heavy atom. The van der Waals surface area contributed by atoms with Gasteiger partial charge in [0.2, 0.25) is 0 Å². The number of carbonyl (C=O) groups excluding carboxylic acids is 2. The summed E-state index contributed by atoms with van der Waals surface area (Å²) in [7, 11) is 0. The quantitative estimate of drug-likeness (QED) is 0.590. The molecule has 0 aromatic heterocycles. The summed E-state index contributed by atoms with van der Waals surface area (Å²) in [5.41, 5.74) is 0.696. The molecule has 0 amide bonds. The number of halogens is 1. The van der Waals surface area contributed by atoms with E-state index in [9.17, 15) is 14.0 Å². The summed E-state index contributed by atoms with van der Waals surface area (Å²) in [5, 5.41) is 0. The Kier molecular flexibility index (Phi) is 5.13. The molecule has 17 heavy (non-hydrogen) atoms. The normalized spacial score (nSPS) is 9.76. The number of ether oxygens (including phenoxy) is 2. The third kappa shape index (κ3) is 4.63. The summed E-state index contributed by atoms with van der Waals surface area (Å²) in [6.07, 6.45) is 0.350. The fraction of sp³-hybridized carbons (Fsp3) is 0.333. The van der Waals surface area contributed by atoms with Crippen molar-refractivity contribution in [2.24, 2.45) is 0 Å². The highest BCUT2D eigenvalue weighted by Crippen LogP contribution is 2.04. The van der Waals surface area contributed by atoms with E-state index in [2.05, 4.69) is 9.47 Å². The number of hydrogen-bond acceptors (Lipinski definition) is 4. The van der Waals surface area contributed by atoms with Crippen LogP contribution in [0.4, 0.5) is 4.39 Å². The van der Waals surface area contributed by atoms with Gasteiger partial charge in [0.05, 0.1) is 13.2 Å². The standard InChI is InChI=1S/C12H13FO4/c1-2-16-11(14)12(15)17-7-6-9-4-3-5-10(13)8-9/h3-5,8H,2,6-7H2,1H3. The molecule has 5 heteroatoms. The van der Waals surface area contributed by atoms with E-state index in [1.54, 1.807) is 19.1 Å². The van der Waals surface area contributed by atoms with Crippen LogP contribution in [-0.4, -0.2) is 25.2 Å². The molecule has 0 bridgehead atoms. The molecule has 0 unspecified atom stereocenters. The molecule has 1 aromatic carbocycles. The predicted octanol–water partition coefficient (Wildman–Crippen LogP) is 1.47. The van der Waals surface area contributed by atoms with Crippen LogP contribution >= 0.6 is 0 Å². The van der Waals surface area contributed by atoms with Crippen molar-refractivity contribution in [2.75, 3.05) is 13.2 Å². The SMILES string of the molecule is CCOC(=O)C(=O)OCCc1cccc(F)c1. The second-order valence-corrected chi connectivity index (χ2v) is 3.24. The molecular weight excluding hydrogens is 227 g/mol. The number of rotatable bonds is 4. The average Bonchev–Trinajstić information content (AvgIpc) is 2.29. The van der Waals surface area contributed by atoms with Gasteiger partial charge in [-0.15, -0.1) is 0 Å². The highest BCUT2D eigenvalue weighted by Gasteiger charge is 2.15. The first-order valence-electron chi connectivity index (χ1n) is 5.21. The molecule has 0 N–H and O–H groups in total. The van der Waals surface area contributed by atoms with Crippen LogP contribution in [0.3, 0.4) is 0 Å². The minimum absolute atomic E-state index is 0.0150. The summed E-state index contributed by atoms with van der Waals surface area (Å²) in [6.45, 7) is 1.73. The van der Waals surface area contributed by atoms with Crippen molar-refractivity contribution in [3.63, 3.8) is 0 Å². The number of carbonyl (C=O) groups is 2. The molecule has 0 heterocycles. The van der Waals surface area contributed by atoms with Crippen molar-refractivity contribution in [1.82, 2.24) is 0 Å². The Morgan fingerprint density at radius 3 is 2.59 bits per heavy atom. The Hall–Kier alpha value is -1.91. The van der Waals surface area contributed by atoms with E-state index in [1.165, 1.54) is 12.1 Å². The van der Waals surface area contributed by atoms with E-state index in [0.29, 0.717) is 12.0 Å². The molecule has 0 fully saturated rings. The molecule has 0 atom stereocenters. The molecule has 92 valence electrons. The second-order valence-electron chi connectivity index (χ2n) is 3.24. The Balaban J connectivity index is 2.33. The van der Waals surface area contributed by atoms with Gasteiger partial charge in [0.25, 0.3) is 0 Å². The Labute approximate surface area is 98.3 Å². The van der Waals surface area contributed by atoms with Gasteiger partial charge in [0.1, 0.15) is 5.82 Å². The van der Waals surface area contributed by atoms with Crippen molar-refractivity contribution < 1.29 is 23.5 Å². The van der Waals surface area contributed by atoms with Crippen LogP contribution in [0.15, 0.2) is 24.3 Å². The molecule has 1 aromatic rings. The number of benzene rings is 1. The van der Waals surface area contributed by atoms with E-state index in [1.807, 2.05) is 0 Å². The molecule has 0 saturated heterocycles. The van der Waals surface area contributed by atoms with Crippen molar-refractivity contribution in [3.8, 4) is 0 Å². The summed E-state index contributed by atoms with van der Waals surface area (Å²) < 4.78 is 21.9. The molecule has 0 radical (unpaired) electrons. The maximum atomic E-state index is 12.8. The minimum atomic E-state index is -1.02. The van der Waals surface area contributed by atoms with Crippen LogP contribution in [0.1, 0.15) is 12.5 Å². The zero-order valence-electron chi connectivity index (χ0n) is 9.44. The van der Waals surface area contributed by atoms with Gasteiger partial charge in [-0.3, -0.25) is 0 Å². The first kappa shape index (κ1) is 13.2. The minimum Gasteiger partial charge on any atom is -0.458 e. The van der Waals surface area contributed by atoms with E-state index in [4.69, 9.17) is 0 Å². The van der Waals surface area contributed by atoms with Gasteiger partial charge in [0.15, 0.2) is 0 Å². The van der Waals surface area contributed by atoms with Crippen LogP contribution < -0.4 is 0 Å². The largest absolute Gasteiger partial charge is 0.458 e. The molecule has 1 rings (SSSR count). The van der Waals surface area contributed by atoms with Crippen LogP contribution in [0, 0.1) is 5.82 Å². The zero-order chi connectivity index (χ0) is 12.7. The molecule has 0 aliphatic carbocycles. The van der Waals surface area contributed by atoms with Crippen LogP contribution in [0.2, 0.25) is 0 Å². The molecule has 0 aliphatic heterocycles. The molecule has 0 aliphatic rings. The Bertz CT molecular complexity index is 403. The van der Waals surface area contributed by atoms with Gasteiger partial charge in [-0.25, -0.2) is 14.0 Å². The molecular formula is C12H13FO4. The van der Waals surface area contributed by atoms with Gasteiger partial charge in [-0.2, -0.15) is 0 Å². The maximum absolute atomic E-state index is 12.8. The van der Waals surface area contributed by atoms with Crippen molar-refractivity contribution in [3.05, 3.63) is 35.6 Å². The highest BCUT2D eigenvalue weighted by atomic mass is 19.1. The Morgan fingerprint density at radius 2 is 1.94 bits per heavy atom. The first-order chi connectivity index (χ1) is 8.13. The third-order valence-corrected chi connectivity index (χ3v) is 1.96. The van der Waals surface area contributed by atoms with Gasteiger partial charge < -0.3 is 9.47 Å². The topological polar surface area (TPSA) is 52.6 Å². The monoisotopic (exact) mass is 240 g/mol. The molecule has 0 saturated carbocycles. The van der Waals surface area contributed by atoms with Gasteiger partial charge in [-0.05, 0) is 24.6 Å². The van der Waals surface area contributed by atoms with Crippen molar-refractivity contribution in [1.29, 1.82) is 0 Å². The number of esters is 2. The first-order valence-corrected chi connectivity index (χ1v) is 5.21. The fourth-order valence-electron chi connectivity index (χ4n) is 1.20. The second kappa shape index (κ2) is 6.62. The predicted molar refractivity (Wildman–Crippen MR) is 57.7 cm³/mol. The lowest BCUT2D eigenvalue weighted by molar-refractivity contribution is -0.167. The van der Waals surface area contributed by atoms with Crippen LogP contribution in [-0.2, 0) is 25.5 Å². The fourth-order valence-corrected chi connectivity index (χ4v) is 1.20. The maximum Gasteiger partial charge on any atom is 0.417 e. The smallest absolute Gasteiger partial charge is 0.417 e. The van der Waals surface area contributed by atoms with Crippen LogP contribution in [0.5, 0.6) is 0 Å². The lowest BCUT2D eigenvalue weighted by Crippen LogP contribution is -2.21. The van der Waals surface area contributed by atoms with Gasteiger partial charge in [-0.1, -0.05) is 12.1 Å². The highest BCUT2D eigenvalue weighted by molar-refractivity contribution is 6.29. The lowest BCUT2D eigenvalue weighted by atomic mass is 10.2. The molecule has 0 spiro atoms. The van der Waals surface area contributed by atoms with E-state index in [0.717, 1.165) is 0 Å². The van der Waals surface area contributed by atoms with Crippen LogP contribution in [0.25, 0.3) is 0 Å². The van der Waals surface area contributed by atoms with Crippen molar-refractivity contribution >= 4 is 11.9 Å². The summed E-state index contributed by atoms with van der Waals surface area (Å²) in [6, 6.07) is 5.95. The third-order valence-electron chi connectivity index (χ3n) is 1.96. The van der Waals surface area contributed by atoms with E-state index < -0.39 is 11.9 Å². The van der Waals surface area contributed by atoms with Gasteiger partial charge >= 0.3 is 11.9 Å². The summed E-state index contributed by atoms with van der Waals surface area (Å²) in [4.78, 5) is 21.9. The summed E-state index contributed by atoms with van der Waals surface area (Å²) in [5.74, 6) is -2.38.